The van der Waals surface area contributed by atoms with Crippen LogP contribution in [-0.2, 0) is 28.9 Å². The molecule has 1 heterocycles. The second-order valence-electron chi connectivity index (χ2n) is 5.18. The maximum Gasteiger partial charge on any atom is 0.309 e. The molecular weight excluding hydrogens is 264 g/mol. The zero-order valence-corrected chi connectivity index (χ0v) is 13.1. The number of aromatic nitrogens is 2. The van der Waals surface area contributed by atoms with E-state index in [1.807, 2.05) is 35.9 Å². The van der Waals surface area contributed by atoms with Gasteiger partial charge in [0.25, 0.3) is 0 Å². The molecule has 0 aliphatic carbocycles. The van der Waals surface area contributed by atoms with Crippen molar-refractivity contribution in [3.8, 4) is 0 Å². The lowest BCUT2D eigenvalue weighted by atomic mass is 10.0. The molecule has 0 aliphatic heterocycles. The molecule has 0 atom stereocenters. The first-order valence-electron chi connectivity index (χ1n) is 7.23. The predicted octanol–water partition coefficient (Wildman–Crippen LogP) is 2.83. The van der Waals surface area contributed by atoms with E-state index in [1.54, 1.807) is 0 Å². The lowest BCUT2D eigenvalue weighted by Crippen LogP contribution is -2.10. The second kappa shape index (κ2) is 6.57. The molecule has 0 aliphatic rings. The van der Waals surface area contributed by atoms with Crippen LogP contribution in [0.5, 0.6) is 0 Å². The summed E-state index contributed by atoms with van der Waals surface area (Å²) in [6.45, 7) is 6.97. The third kappa shape index (κ3) is 3.32. The van der Waals surface area contributed by atoms with Gasteiger partial charge in [-0.05, 0) is 37.0 Å². The Morgan fingerprint density at radius 2 is 1.90 bits per heavy atom. The van der Waals surface area contributed by atoms with E-state index >= 15 is 0 Å². The van der Waals surface area contributed by atoms with Crippen LogP contribution in [0.4, 0.5) is 0 Å². The molecule has 112 valence electrons. The molecule has 21 heavy (non-hydrogen) atoms. The third-order valence-electron chi connectivity index (χ3n) is 3.89. The van der Waals surface area contributed by atoms with Crippen LogP contribution in [0.3, 0.4) is 0 Å². The zero-order chi connectivity index (χ0) is 15.4. The van der Waals surface area contributed by atoms with Crippen molar-refractivity contribution in [3.63, 3.8) is 0 Å². The van der Waals surface area contributed by atoms with Gasteiger partial charge in [0.2, 0.25) is 0 Å². The Morgan fingerprint density at radius 1 is 1.24 bits per heavy atom. The van der Waals surface area contributed by atoms with Crippen molar-refractivity contribution in [2.45, 2.75) is 40.2 Å². The highest BCUT2D eigenvalue weighted by atomic mass is 16.5. The van der Waals surface area contributed by atoms with Gasteiger partial charge in [-0.15, -0.1) is 0 Å². The minimum absolute atomic E-state index is 0.218. The van der Waals surface area contributed by atoms with Crippen LogP contribution in [0.25, 0.3) is 0 Å². The van der Waals surface area contributed by atoms with E-state index in [9.17, 15) is 4.79 Å². The molecule has 0 spiro atoms. The molecule has 2 aromatic rings. The molecule has 0 amide bonds. The number of carbonyl (C=O) groups is 1. The van der Waals surface area contributed by atoms with E-state index in [0.29, 0.717) is 13.0 Å². The molecule has 0 fully saturated rings. The largest absolute Gasteiger partial charge is 0.469 e. The smallest absolute Gasteiger partial charge is 0.309 e. The van der Waals surface area contributed by atoms with Crippen molar-refractivity contribution in [3.05, 3.63) is 52.3 Å². The van der Waals surface area contributed by atoms with Crippen molar-refractivity contribution in [1.82, 2.24) is 9.78 Å². The lowest BCUT2D eigenvalue weighted by molar-refractivity contribution is -0.139. The van der Waals surface area contributed by atoms with Crippen molar-refractivity contribution >= 4 is 5.97 Å². The SMILES string of the molecule is CCc1c(C)nn(Cc2ccccc2CC(=O)OC)c1C. The Morgan fingerprint density at radius 3 is 2.48 bits per heavy atom. The number of rotatable bonds is 5. The van der Waals surface area contributed by atoms with Gasteiger partial charge in [0.05, 0.1) is 25.8 Å². The maximum atomic E-state index is 11.5. The van der Waals surface area contributed by atoms with Gasteiger partial charge in [-0.2, -0.15) is 5.10 Å². The Labute approximate surface area is 125 Å². The van der Waals surface area contributed by atoms with Crippen LogP contribution < -0.4 is 0 Å². The molecule has 4 heteroatoms. The fourth-order valence-electron chi connectivity index (χ4n) is 2.67. The fourth-order valence-corrected chi connectivity index (χ4v) is 2.67. The number of carbonyl (C=O) groups excluding carboxylic acids is 1. The molecule has 1 aromatic heterocycles. The highest BCUT2D eigenvalue weighted by Gasteiger charge is 2.13. The summed E-state index contributed by atoms with van der Waals surface area (Å²) in [6, 6.07) is 7.95. The summed E-state index contributed by atoms with van der Waals surface area (Å²) in [6.07, 6.45) is 1.29. The van der Waals surface area contributed by atoms with Gasteiger partial charge < -0.3 is 4.74 Å². The van der Waals surface area contributed by atoms with Gasteiger partial charge in [-0.25, -0.2) is 0 Å². The Bertz CT molecular complexity index is 644. The van der Waals surface area contributed by atoms with Crippen molar-refractivity contribution in [1.29, 1.82) is 0 Å². The quantitative estimate of drug-likeness (QED) is 0.794. The van der Waals surface area contributed by atoms with Crippen LogP contribution in [0.15, 0.2) is 24.3 Å². The molecule has 0 unspecified atom stereocenters. The summed E-state index contributed by atoms with van der Waals surface area (Å²) in [4.78, 5) is 11.5. The van der Waals surface area contributed by atoms with Gasteiger partial charge in [-0.1, -0.05) is 31.2 Å². The van der Waals surface area contributed by atoms with E-state index in [4.69, 9.17) is 4.74 Å². The Kier molecular flexibility index (Phi) is 4.78. The van der Waals surface area contributed by atoms with Crippen molar-refractivity contribution in [2.75, 3.05) is 7.11 Å². The normalized spacial score (nSPS) is 10.7. The first-order chi connectivity index (χ1) is 10.1. The molecule has 2 rings (SSSR count). The van der Waals surface area contributed by atoms with Gasteiger partial charge in [-0.3, -0.25) is 9.48 Å². The van der Waals surface area contributed by atoms with E-state index in [2.05, 4.69) is 18.9 Å². The monoisotopic (exact) mass is 286 g/mol. The van der Waals surface area contributed by atoms with Crippen LogP contribution in [0.2, 0.25) is 0 Å². The summed E-state index contributed by atoms with van der Waals surface area (Å²) >= 11 is 0. The highest BCUT2D eigenvalue weighted by molar-refractivity contribution is 5.72. The minimum Gasteiger partial charge on any atom is -0.469 e. The minimum atomic E-state index is -0.218. The van der Waals surface area contributed by atoms with E-state index in [1.165, 1.54) is 18.4 Å². The lowest BCUT2D eigenvalue weighted by Gasteiger charge is -2.10. The standard InChI is InChI=1S/C17H22N2O2/c1-5-16-12(2)18-19(13(16)3)11-15-9-7-6-8-14(15)10-17(20)21-4/h6-9H,5,10-11H2,1-4H3. The van der Waals surface area contributed by atoms with E-state index in [0.717, 1.165) is 23.2 Å². The fraction of sp³-hybridized carbons (Fsp3) is 0.412. The molecule has 0 bridgehead atoms. The number of benzene rings is 1. The number of methoxy groups -OCH3 is 1. The van der Waals surface area contributed by atoms with E-state index in [-0.39, 0.29) is 5.97 Å². The number of esters is 1. The van der Waals surface area contributed by atoms with Crippen molar-refractivity contribution < 1.29 is 9.53 Å². The van der Waals surface area contributed by atoms with Gasteiger partial charge >= 0.3 is 5.97 Å². The third-order valence-corrected chi connectivity index (χ3v) is 3.89. The highest BCUT2D eigenvalue weighted by Crippen LogP contribution is 2.17. The summed E-state index contributed by atoms with van der Waals surface area (Å²) in [5.74, 6) is -0.218. The number of nitrogens with zero attached hydrogens (tertiary/aromatic N) is 2. The molecular formula is C17H22N2O2. The Hall–Kier alpha value is -2.10. The Balaban J connectivity index is 2.30. The van der Waals surface area contributed by atoms with E-state index < -0.39 is 0 Å². The maximum absolute atomic E-state index is 11.5. The summed E-state index contributed by atoms with van der Waals surface area (Å²) in [5, 5.41) is 4.62. The molecule has 1 aromatic carbocycles. The first kappa shape index (κ1) is 15.3. The van der Waals surface area contributed by atoms with Crippen LogP contribution in [-0.4, -0.2) is 22.9 Å². The molecule has 0 radical (unpaired) electrons. The number of hydrogen-bond acceptors (Lipinski definition) is 3. The number of aryl methyl sites for hydroxylation is 1. The average molecular weight is 286 g/mol. The predicted molar refractivity (Wildman–Crippen MR) is 82.3 cm³/mol. The molecule has 0 saturated carbocycles. The zero-order valence-electron chi connectivity index (χ0n) is 13.1. The number of ether oxygens (including phenoxy) is 1. The van der Waals surface area contributed by atoms with Crippen molar-refractivity contribution in [2.24, 2.45) is 0 Å². The van der Waals surface area contributed by atoms with Gasteiger partial charge in [0.15, 0.2) is 0 Å². The molecule has 0 N–H and O–H groups in total. The van der Waals surface area contributed by atoms with Gasteiger partial charge in [0.1, 0.15) is 0 Å². The number of hydrogen-bond donors (Lipinski definition) is 0. The van der Waals surface area contributed by atoms with Crippen LogP contribution in [0.1, 0.15) is 35.0 Å². The summed E-state index contributed by atoms with van der Waals surface area (Å²) in [5.41, 5.74) is 5.69. The first-order valence-corrected chi connectivity index (χ1v) is 7.23. The summed E-state index contributed by atoms with van der Waals surface area (Å²) < 4.78 is 6.78. The van der Waals surface area contributed by atoms with Gasteiger partial charge in [0, 0.05) is 5.69 Å². The summed E-state index contributed by atoms with van der Waals surface area (Å²) in [7, 11) is 1.42. The van der Waals surface area contributed by atoms with Crippen LogP contribution in [0, 0.1) is 13.8 Å². The topological polar surface area (TPSA) is 44.1 Å². The average Bonchev–Trinajstić information content (AvgIpc) is 2.74. The second-order valence-corrected chi connectivity index (χ2v) is 5.18. The molecule has 0 saturated heterocycles. The molecule has 4 nitrogen and oxygen atoms in total. The van der Waals surface area contributed by atoms with Crippen LogP contribution >= 0.6 is 0 Å².